The third-order valence-corrected chi connectivity index (χ3v) is 2.52. The summed E-state index contributed by atoms with van der Waals surface area (Å²) in [6, 6.07) is 8.97. The zero-order valence-electron chi connectivity index (χ0n) is 10.2. The maximum Gasteiger partial charge on any atom is 0.225 e. The van der Waals surface area contributed by atoms with Gasteiger partial charge in [0.2, 0.25) is 5.91 Å². The van der Waals surface area contributed by atoms with Crippen molar-refractivity contribution in [3.63, 3.8) is 0 Å². The number of anilines is 1. The van der Waals surface area contributed by atoms with Crippen molar-refractivity contribution >= 4 is 11.7 Å². The molecule has 0 aliphatic heterocycles. The van der Waals surface area contributed by atoms with Crippen LogP contribution in [0.25, 0.3) is 0 Å². The van der Waals surface area contributed by atoms with Crippen molar-refractivity contribution in [1.82, 2.24) is 9.97 Å². The minimum atomic E-state index is -0.110. The van der Waals surface area contributed by atoms with Crippen molar-refractivity contribution in [3.05, 3.63) is 54.0 Å². The fourth-order valence-electron chi connectivity index (χ4n) is 1.54. The lowest BCUT2D eigenvalue weighted by atomic mass is 10.1. The lowest BCUT2D eigenvalue weighted by Gasteiger charge is -2.04. The first-order valence-corrected chi connectivity index (χ1v) is 5.83. The van der Waals surface area contributed by atoms with Gasteiger partial charge in [0, 0.05) is 25.0 Å². The first kappa shape index (κ1) is 12.7. The second-order valence-corrected chi connectivity index (χ2v) is 3.95. The molecular formula is C14H12N4O. The number of nitriles is 1. The first-order valence-electron chi connectivity index (χ1n) is 5.83. The maximum atomic E-state index is 11.7. The Morgan fingerprint density at radius 1 is 1.32 bits per heavy atom. The average molecular weight is 252 g/mol. The van der Waals surface area contributed by atoms with E-state index in [2.05, 4.69) is 15.3 Å². The van der Waals surface area contributed by atoms with E-state index >= 15 is 0 Å². The Kier molecular flexibility index (Phi) is 4.19. The third-order valence-electron chi connectivity index (χ3n) is 2.52. The molecule has 2 rings (SSSR count). The Balaban J connectivity index is 1.86. The minimum absolute atomic E-state index is 0.110. The Bertz CT molecular complexity index is 587. The molecular weight excluding hydrogens is 240 g/mol. The van der Waals surface area contributed by atoms with Crippen molar-refractivity contribution in [2.45, 2.75) is 12.8 Å². The van der Waals surface area contributed by atoms with Crippen molar-refractivity contribution in [1.29, 1.82) is 5.26 Å². The van der Waals surface area contributed by atoms with E-state index in [1.54, 1.807) is 24.5 Å². The topological polar surface area (TPSA) is 78.7 Å². The van der Waals surface area contributed by atoms with Gasteiger partial charge in [0.15, 0.2) is 0 Å². The highest BCUT2D eigenvalue weighted by molar-refractivity contribution is 5.89. The van der Waals surface area contributed by atoms with E-state index in [1.807, 2.05) is 18.2 Å². The number of nitrogens with one attached hydrogen (secondary N) is 1. The van der Waals surface area contributed by atoms with Crippen LogP contribution in [0.3, 0.4) is 0 Å². The molecule has 0 saturated carbocycles. The molecule has 0 aliphatic rings. The summed E-state index contributed by atoms with van der Waals surface area (Å²) in [5.41, 5.74) is 1.48. The summed E-state index contributed by atoms with van der Waals surface area (Å²) in [5, 5.41) is 11.3. The number of aromatic nitrogens is 2. The van der Waals surface area contributed by atoms with E-state index in [1.165, 1.54) is 6.20 Å². The molecule has 94 valence electrons. The van der Waals surface area contributed by atoms with E-state index in [0.29, 0.717) is 24.2 Å². The lowest BCUT2D eigenvalue weighted by molar-refractivity contribution is -0.116. The summed E-state index contributed by atoms with van der Waals surface area (Å²) in [4.78, 5) is 19.7. The molecule has 5 heteroatoms. The van der Waals surface area contributed by atoms with Gasteiger partial charge in [0.05, 0.1) is 5.56 Å². The Labute approximate surface area is 110 Å². The highest BCUT2D eigenvalue weighted by atomic mass is 16.1. The fraction of sp³-hybridized carbons (Fsp3) is 0.143. The van der Waals surface area contributed by atoms with E-state index in [9.17, 15) is 4.79 Å². The highest BCUT2D eigenvalue weighted by Gasteiger charge is 2.04. The van der Waals surface area contributed by atoms with Gasteiger partial charge in [-0.2, -0.15) is 5.26 Å². The van der Waals surface area contributed by atoms with Crippen LogP contribution < -0.4 is 5.32 Å². The van der Waals surface area contributed by atoms with Gasteiger partial charge in [-0.05, 0) is 30.2 Å². The van der Waals surface area contributed by atoms with Crippen LogP contribution in [0.5, 0.6) is 0 Å². The molecule has 0 radical (unpaired) electrons. The predicted octanol–water partition coefficient (Wildman–Crippen LogP) is 1.92. The third kappa shape index (κ3) is 3.89. The molecule has 19 heavy (non-hydrogen) atoms. The normalized spacial score (nSPS) is 9.63. The molecule has 1 N–H and O–H groups in total. The first-order chi connectivity index (χ1) is 9.28. The van der Waals surface area contributed by atoms with Crippen molar-refractivity contribution in [2.75, 3.05) is 5.32 Å². The Morgan fingerprint density at radius 3 is 2.84 bits per heavy atom. The molecule has 2 aromatic rings. The molecule has 0 aromatic carbocycles. The number of carbonyl (C=O) groups excluding carboxylic acids is 1. The maximum absolute atomic E-state index is 11.7. The molecule has 0 atom stereocenters. The molecule has 5 nitrogen and oxygen atoms in total. The number of hydrogen-bond acceptors (Lipinski definition) is 4. The van der Waals surface area contributed by atoms with Gasteiger partial charge in [-0.1, -0.05) is 6.07 Å². The minimum Gasteiger partial charge on any atom is -0.311 e. The van der Waals surface area contributed by atoms with Crippen molar-refractivity contribution in [3.8, 4) is 6.07 Å². The molecule has 2 heterocycles. The number of nitrogens with zero attached hydrogens (tertiary/aromatic N) is 3. The molecule has 0 unspecified atom stereocenters. The second-order valence-electron chi connectivity index (χ2n) is 3.95. The molecule has 1 amide bonds. The fourth-order valence-corrected chi connectivity index (χ4v) is 1.54. The second kappa shape index (κ2) is 6.26. The van der Waals surface area contributed by atoms with Gasteiger partial charge in [0.1, 0.15) is 11.9 Å². The van der Waals surface area contributed by atoms with Gasteiger partial charge in [-0.15, -0.1) is 0 Å². The number of hydrogen-bond donors (Lipinski definition) is 1. The van der Waals surface area contributed by atoms with E-state index in [0.717, 1.165) is 5.56 Å². The monoisotopic (exact) mass is 252 g/mol. The van der Waals surface area contributed by atoms with Gasteiger partial charge in [-0.3, -0.25) is 9.78 Å². The van der Waals surface area contributed by atoms with E-state index < -0.39 is 0 Å². The van der Waals surface area contributed by atoms with Crippen LogP contribution in [0.2, 0.25) is 0 Å². The van der Waals surface area contributed by atoms with Crippen molar-refractivity contribution < 1.29 is 4.79 Å². The Hall–Kier alpha value is -2.74. The quantitative estimate of drug-likeness (QED) is 0.901. The van der Waals surface area contributed by atoms with E-state index in [4.69, 9.17) is 5.26 Å². The van der Waals surface area contributed by atoms with Gasteiger partial charge >= 0.3 is 0 Å². The van der Waals surface area contributed by atoms with Crippen LogP contribution in [0.4, 0.5) is 5.82 Å². The number of aryl methyl sites for hydroxylation is 1. The molecule has 2 aromatic heterocycles. The zero-order valence-corrected chi connectivity index (χ0v) is 10.2. The van der Waals surface area contributed by atoms with Crippen LogP contribution in [-0.2, 0) is 11.2 Å². The summed E-state index contributed by atoms with van der Waals surface area (Å²) in [5.74, 6) is 0.344. The highest BCUT2D eigenvalue weighted by Crippen LogP contribution is 2.06. The summed E-state index contributed by atoms with van der Waals surface area (Å²) in [6.45, 7) is 0. The van der Waals surface area contributed by atoms with E-state index in [-0.39, 0.29) is 5.91 Å². The molecule has 0 saturated heterocycles. The van der Waals surface area contributed by atoms with Gasteiger partial charge in [-0.25, -0.2) is 4.98 Å². The van der Waals surface area contributed by atoms with Crippen LogP contribution in [-0.4, -0.2) is 15.9 Å². The number of rotatable bonds is 4. The van der Waals surface area contributed by atoms with Crippen LogP contribution in [0, 0.1) is 11.3 Å². The van der Waals surface area contributed by atoms with Crippen LogP contribution in [0.15, 0.2) is 42.9 Å². The van der Waals surface area contributed by atoms with Crippen LogP contribution >= 0.6 is 0 Å². The smallest absolute Gasteiger partial charge is 0.225 e. The number of pyridine rings is 2. The number of carbonyl (C=O) groups is 1. The molecule has 0 spiro atoms. The molecule has 0 aliphatic carbocycles. The summed E-state index contributed by atoms with van der Waals surface area (Å²) in [7, 11) is 0. The summed E-state index contributed by atoms with van der Waals surface area (Å²) in [6.07, 6.45) is 5.87. The summed E-state index contributed by atoms with van der Waals surface area (Å²) >= 11 is 0. The SMILES string of the molecule is N#Cc1ccc(NC(=O)CCc2cccnc2)nc1. The lowest BCUT2D eigenvalue weighted by Crippen LogP contribution is -2.13. The average Bonchev–Trinajstić information content (AvgIpc) is 2.47. The largest absolute Gasteiger partial charge is 0.311 e. The van der Waals surface area contributed by atoms with Gasteiger partial charge < -0.3 is 5.32 Å². The predicted molar refractivity (Wildman–Crippen MR) is 70.1 cm³/mol. The summed E-state index contributed by atoms with van der Waals surface area (Å²) < 4.78 is 0. The molecule has 0 fully saturated rings. The van der Waals surface area contributed by atoms with Crippen LogP contribution in [0.1, 0.15) is 17.5 Å². The zero-order chi connectivity index (χ0) is 13.5. The number of amides is 1. The Morgan fingerprint density at radius 2 is 2.21 bits per heavy atom. The van der Waals surface area contributed by atoms with Crippen molar-refractivity contribution in [2.24, 2.45) is 0 Å². The molecule has 0 bridgehead atoms. The van der Waals surface area contributed by atoms with Gasteiger partial charge in [0.25, 0.3) is 0 Å². The standard InChI is InChI=1S/C14H12N4O/c15-8-12-3-5-13(17-10-12)18-14(19)6-4-11-2-1-7-16-9-11/h1-3,5,7,9-10H,4,6H2,(H,17,18,19).